The molecule has 174 valence electrons. The van der Waals surface area contributed by atoms with Crippen LogP contribution in [-0.4, -0.2) is 45.5 Å². The van der Waals surface area contributed by atoms with Gasteiger partial charge in [-0.05, 0) is 54.6 Å². The Hall–Kier alpha value is -3.69. The Balaban J connectivity index is 1.54. The monoisotopic (exact) mass is 480 g/mol. The molecule has 0 aromatic heterocycles. The van der Waals surface area contributed by atoms with Crippen LogP contribution in [0.5, 0.6) is 11.5 Å². The summed E-state index contributed by atoms with van der Waals surface area (Å²) in [6, 6.07) is 19.6. The van der Waals surface area contributed by atoms with Gasteiger partial charge in [0.15, 0.2) is 4.91 Å². The SMILES string of the molecule is O=C(C1=CN(c2ccc(Oc3ccccc3)cc2)c2cc(F)ccc2S1(=O)=O)N1CCOCC1. The van der Waals surface area contributed by atoms with Gasteiger partial charge in [-0.3, -0.25) is 4.79 Å². The molecule has 0 unspecified atom stereocenters. The van der Waals surface area contributed by atoms with Gasteiger partial charge in [-0.1, -0.05) is 18.2 Å². The number of benzene rings is 3. The van der Waals surface area contributed by atoms with Crippen molar-refractivity contribution < 1.29 is 27.1 Å². The smallest absolute Gasteiger partial charge is 0.267 e. The predicted octanol–water partition coefficient (Wildman–Crippen LogP) is 4.24. The highest BCUT2D eigenvalue weighted by Crippen LogP contribution is 2.41. The lowest BCUT2D eigenvalue weighted by Crippen LogP contribution is -2.43. The van der Waals surface area contributed by atoms with Crippen LogP contribution in [0.4, 0.5) is 15.8 Å². The first-order chi connectivity index (χ1) is 16.4. The lowest BCUT2D eigenvalue weighted by atomic mass is 10.2. The van der Waals surface area contributed by atoms with Crippen molar-refractivity contribution in [2.75, 3.05) is 31.2 Å². The van der Waals surface area contributed by atoms with Gasteiger partial charge in [-0.25, -0.2) is 12.8 Å². The number of para-hydroxylation sites is 1. The standard InChI is InChI=1S/C25H21FN2O5S/c26-18-6-11-23-22(16-18)28(17-24(34(23,30)31)25(29)27-12-14-32-15-13-27)19-7-9-21(10-8-19)33-20-4-2-1-3-5-20/h1-11,16-17H,12-15H2. The third-order valence-corrected chi connectivity index (χ3v) is 7.39. The van der Waals surface area contributed by atoms with E-state index in [1.54, 1.807) is 24.3 Å². The van der Waals surface area contributed by atoms with Gasteiger partial charge in [0.25, 0.3) is 5.91 Å². The van der Waals surface area contributed by atoms with Crippen LogP contribution in [0.25, 0.3) is 0 Å². The molecule has 2 aliphatic heterocycles. The molecule has 0 aliphatic carbocycles. The fraction of sp³-hybridized carbons (Fsp3) is 0.160. The van der Waals surface area contributed by atoms with E-state index in [1.165, 1.54) is 22.1 Å². The molecule has 2 heterocycles. The summed E-state index contributed by atoms with van der Waals surface area (Å²) in [5.74, 6) is 0.0595. The second-order valence-corrected chi connectivity index (χ2v) is 9.68. The van der Waals surface area contributed by atoms with Gasteiger partial charge in [0.2, 0.25) is 9.84 Å². The first kappa shape index (κ1) is 22.1. The van der Waals surface area contributed by atoms with Gasteiger partial charge in [-0.15, -0.1) is 0 Å². The van der Waals surface area contributed by atoms with E-state index < -0.39 is 21.6 Å². The van der Waals surface area contributed by atoms with Crippen molar-refractivity contribution in [2.45, 2.75) is 4.90 Å². The van der Waals surface area contributed by atoms with Crippen LogP contribution in [0.3, 0.4) is 0 Å². The van der Waals surface area contributed by atoms with E-state index in [0.29, 0.717) is 43.5 Å². The maximum atomic E-state index is 14.1. The topological polar surface area (TPSA) is 76.2 Å². The van der Waals surface area contributed by atoms with Crippen molar-refractivity contribution in [3.63, 3.8) is 0 Å². The van der Waals surface area contributed by atoms with Gasteiger partial charge >= 0.3 is 0 Å². The second kappa shape index (κ2) is 8.92. The summed E-state index contributed by atoms with van der Waals surface area (Å²) in [7, 11) is -4.14. The number of carbonyl (C=O) groups excluding carboxylic acids is 1. The highest BCUT2D eigenvalue weighted by molar-refractivity contribution is 7.96. The van der Waals surface area contributed by atoms with Gasteiger partial charge in [0.1, 0.15) is 17.3 Å². The molecule has 3 aromatic carbocycles. The molecule has 0 saturated carbocycles. The Morgan fingerprint density at radius 2 is 1.59 bits per heavy atom. The van der Waals surface area contributed by atoms with Crippen molar-refractivity contribution in [3.8, 4) is 11.5 Å². The minimum Gasteiger partial charge on any atom is -0.457 e. The average Bonchev–Trinajstić information content (AvgIpc) is 2.85. The fourth-order valence-corrected chi connectivity index (χ4v) is 5.41. The van der Waals surface area contributed by atoms with Crippen LogP contribution in [0.1, 0.15) is 0 Å². The van der Waals surface area contributed by atoms with E-state index in [-0.39, 0.29) is 15.5 Å². The number of fused-ring (bicyclic) bond motifs is 1. The Kier molecular flexibility index (Phi) is 5.80. The van der Waals surface area contributed by atoms with E-state index in [9.17, 15) is 17.6 Å². The molecule has 7 nitrogen and oxygen atoms in total. The molecule has 1 amide bonds. The number of morpholine rings is 1. The van der Waals surface area contributed by atoms with Crippen molar-refractivity contribution in [1.82, 2.24) is 4.90 Å². The first-order valence-electron chi connectivity index (χ1n) is 10.7. The van der Waals surface area contributed by atoms with Crippen LogP contribution in [0.15, 0.2) is 88.8 Å². The van der Waals surface area contributed by atoms with Crippen LogP contribution < -0.4 is 9.64 Å². The second-order valence-electron chi connectivity index (χ2n) is 7.79. The molecule has 0 spiro atoms. The van der Waals surface area contributed by atoms with Crippen LogP contribution >= 0.6 is 0 Å². The molecule has 0 bridgehead atoms. The normalized spacial score (nSPS) is 17.0. The summed E-state index contributed by atoms with van der Waals surface area (Å²) in [6.45, 7) is 1.28. The number of hydrogen-bond acceptors (Lipinski definition) is 6. The van der Waals surface area contributed by atoms with Crippen LogP contribution in [0, 0.1) is 5.82 Å². The fourth-order valence-electron chi connectivity index (χ4n) is 3.89. The lowest BCUT2D eigenvalue weighted by molar-refractivity contribution is -0.130. The van der Waals surface area contributed by atoms with Gasteiger partial charge < -0.3 is 19.3 Å². The molecule has 1 saturated heterocycles. The van der Waals surface area contributed by atoms with Gasteiger partial charge in [-0.2, -0.15) is 0 Å². The summed E-state index contributed by atoms with van der Waals surface area (Å²) in [4.78, 5) is 15.7. The Bertz CT molecular complexity index is 1350. The van der Waals surface area contributed by atoms with Gasteiger partial charge in [0.05, 0.1) is 23.8 Å². The number of hydrogen-bond donors (Lipinski definition) is 0. The molecular formula is C25H21FN2O5S. The Morgan fingerprint density at radius 1 is 0.912 bits per heavy atom. The molecule has 0 N–H and O–H groups in total. The zero-order chi connectivity index (χ0) is 23.7. The number of sulfone groups is 1. The van der Waals surface area contributed by atoms with E-state index in [4.69, 9.17) is 9.47 Å². The van der Waals surface area contributed by atoms with Crippen molar-refractivity contribution >= 4 is 27.1 Å². The summed E-state index contributed by atoms with van der Waals surface area (Å²) >= 11 is 0. The molecule has 9 heteroatoms. The molecule has 0 atom stereocenters. The summed E-state index contributed by atoms with van der Waals surface area (Å²) in [6.07, 6.45) is 1.27. The maximum absolute atomic E-state index is 14.1. The van der Waals surface area contributed by atoms with Crippen LogP contribution in [-0.2, 0) is 19.4 Å². The van der Waals surface area contributed by atoms with Crippen molar-refractivity contribution in [1.29, 1.82) is 0 Å². The molecular weight excluding hydrogens is 459 g/mol. The minimum absolute atomic E-state index is 0.127. The number of halogens is 1. The zero-order valence-corrected chi connectivity index (χ0v) is 18.9. The number of nitrogens with zero attached hydrogens (tertiary/aromatic N) is 2. The van der Waals surface area contributed by atoms with Crippen LogP contribution in [0.2, 0.25) is 0 Å². The Morgan fingerprint density at radius 3 is 2.29 bits per heavy atom. The third-order valence-electron chi connectivity index (χ3n) is 5.61. The molecule has 3 aromatic rings. The maximum Gasteiger partial charge on any atom is 0.267 e. The third kappa shape index (κ3) is 4.15. The van der Waals surface area contributed by atoms with Crippen molar-refractivity contribution in [2.24, 2.45) is 0 Å². The summed E-state index contributed by atoms with van der Waals surface area (Å²) < 4.78 is 51.9. The molecule has 1 fully saturated rings. The largest absolute Gasteiger partial charge is 0.457 e. The average molecular weight is 481 g/mol. The molecule has 5 rings (SSSR count). The number of ether oxygens (including phenoxy) is 2. The van der Waals surface area contributed by atoms with E-state index in [0.717, 1.165) is 12.1 Å². The number of amides is 1. The van der Waals surface area contributed by atoms with Crippen molar-refractivity contribution in [3.05, 3.63) is 89.7 Å². The first-order valence-corrected chi connectivity index (χ1v) is 12.2. The van der Waals surface area contributed by atoms with E-state index in [1.807, 2.05) is 30.3 Å². The van der Waals surface area contributed by atoms with Gasteiger partial charge in [0, 0.05) is 25.0 Å². The predicted molar refractivity (Wildman–Crippen MR) is 124 cm³/mol. The number of carbonyl (C=O) groups is 1. The highest BCUT2D eigenvalue weighted by atomic mass is 32.2. The molecule has 2 aliphatic rings. The summed E-state index contributed by atoms with van der Waals surface area (Å²) in [5, 5.41) is 0. The van der Waals surface area contributed by atoms with E-state index in [2.05, 4.69) is 0 Å². The quantitative estimate of drug-likeness (QED) is 0.520. The highest BCUT2D eigenvalue weighted by Gasteiger charge is 2.38. The molecule has 0 radical (unpaired) electrons. The lowest BCUT2D eigenvalue weighted by Gasteiger charge is -2.32. The summed E-state index contributed by atoms with van der Waals surface area (Å²) in [5.41, 5.74) is 0.685. The Labute approximate surface area is 196 Å². The number of anilines is 2. The zero-order valence-electron chi connectivity index (χ0n) is 18.1. The molecule has 34 heavy (non-hydrogen) atoms. The minimum atomic E-state index is -4.14. The van der Waals surface area contributed by atoms with E-state index >= 15 is 0 Å². The number of rotatable bonds is 4.